The van der Waals surface area contributed by atoms with E-state index in [2.05, 4.69) is 20.9 Å². The van der Waals surface area contributed by atoms with E-state index in [0.29, 0.717) is 4.48 Å². The zero-order chi connectivity index (χ0) is 15.4. The normalized spacial score (nSPS) is 25.0. The molecule has 0 radical (unpaired) electrons. The third-order valence-corrected chi connectivity index (χ3v) is 3.94. The average molecular weight is 365 g/mol. The monoisotopic (exact) mass is 364 g/mol. The van der Waals surface area contributed by atoms with Gasteiger partial charge < -0.3 is 9.47 Å². The second-order valence-electron chi connectivity index (χ2n) is 4.40. The summed E-state index contributed by atoms with van der Waals surface area (Å²) in [6.07, 6.45) is -4.61. The number of fused-ring (bicyclic) bond motifs is 1. The van der Waals surface area contributed by atoms with E-state index in [4.69, 9.17) is 9.47 Å². The van der Waals surface area contributed by atoms with Crippen LogP contribution in [0.1, 0.15) is 5.56 Å². The van der Waals surface area contributed by atoms with Crippen molar-refractivity contribution >= 4 is 27.7 Å². The SMILES string of the molecule is COC1=C(Br)C2OC2N(c2cc(C(F)(F)F)ccn2)C1=O. The average Bonchev–Trinajstić information content (AvgIpc) is 3.19. The maximum absolute atomic E-state index is 12.7. The zero-order valence-electron chi connectivity index (χ0n) is 10.5. The molecule has 0 bridgehead atoms. The number of rotatable bonds is 2. The minimum atomic E-state index is -4.51. The third-order valence-electron chi connectivity index (χ3n) is 3.13. The molecule has 2 atom stereocenters. The molecular weight excluding hydrogens is 357 g/mol. The number of alkyl halides is 3. The number of amides is 1. The maximum Gasteiger partial charge on any atom is 0.416 e. The van der Waals surface area contributed by atoms with Crippen molar-refractivity contribution in [2.75, 3.05) is 12.0 Å². The Morgan fingerprint density at radius 3 is 2.81 bits per heavy atom. The Hall–Kier alpha value is -1.61. The first kappa shape index (κ1) is 14.3. The Morgan fingerprint density at radius 2 is 2.19 bits per heavy atom. The van der Waals surface area contributed by atoms with E-state index < -0.39 is 30.0 Å². The number of carbonyl (C=O) groups excluding carboxylic acids is 1. The summed E-state index contributed by atoms with van der Waals surface area (Å²) in [6, 6.07) is 1.65. The second kappa shape index (κ2) is 4.70. The van der Waals surface area contributed by atoms with Crippen molar-refractivity contribution < 1.29 is 27.4 Å². The molecule has 3 heterocycles. The van der Waals surface area contributed by atoms with E-state index in [1.165, 1.54) is 7.11 Å². The summed E-state index contributed by atoms with van der Waals surface area (Å²) in [6.45, 7) is 0. The Bertz CT molecular complexity index is 647. The lowest BCUT2D eigenvalue weighted by Gasteiger charge is -2.24. The van der Waals surface area contributed by atoms with Crippen LogP contribution in [0.2, 0.25) is 0 Å². The highest BCUT2D eigenvalue weighted by atomic mass is 79.9. The van der Waals surface area contributed by atoms with E-state index in [-0.39, 0.29) is 11.6 Å². The molecule has 1 aromatic rings. The summed E-state index contributed by atoms with van der Waals surface area (Å²) < 4.78 is 48.9. The smallest absolute Gasteiger partial charge is 0.416 e. The summed E-state index contributed by atoms with van der Waals surface area (Å²) in [5.74, 6) is -0.736. The number of pyridine rings is 1. The van der Waals surface area contributed by atoms with Crippen LogP contribution in [-0.4, -0.2) is 30.3 Å². The number of ether oxygens (including phenoxy) is 2. The van der Waals surface area contributed by atoms with Crippen molar-refractivity contribution in [3.05, 3.63) is 34.1 Å². The van der Waals surface area contributed by atoms with Gasteiger partial charge in [0.25, 0.3) is 5.91 Å². The predicted octanol–water partition coefficient (Wildman–Crippen LogP) is 2.42. The largest absolute Gasteiger partial charge is 0.490 e. The van der Waals surface area contributed by atoms with Crippen molar-refractivity contribution in [3.8, 4) is 0 Å². The van der Waals surface area contributed by atoms with Gasteiger partial charge >= 0.3 is 6.18 Å². The summed E-state index contributed by atoms with van der Waals surface area (Å²) in [7, 11) is 1.30. The molecule has 2 aliphatic rings. The lowest BCUT2D eigenvalue weighted by atomic mass is 10.2. The molecular formula is C12H8BrF3N2O3. The first-order chi connectivity index (χ1) is 9.84. The molecule has 0 N–H and O–H groups in total. The van der Waals surface area contributed by atoms with Gasteiger partial charge in [0.05, 0.1) is 17.2 Å². The maximum atomic E-state index is 12.7. The minimum absolute atomic E-state index is 0.00652. The van der Waals surface area contributed by atoms with Crippen LogP contribution in [0.25, 0.3) is 0 Å². The number of hydrogen-bond acceptors (Lipinski definition) is 4. The molecule has 9 heteroatoms. The fourth-order valence-corrected chi connectivity index (χ4v) is 2.75. The van der Waals surface area contributed by atoms with Crippen LogP contribution >= 0.6 is 15.9 Å². The highest BCUT2D eigenvalue weighted by Gasteiger charge is 2.55. The van der Waals surface area contributed by atoms with Gasteiger partial charge in [-0.25, -0.2) is 4.98 Å². The molecule has 112 valence electrons. The van der Waals surface area contributed by atoms with Gasteiger partial charge in [0.2, 0.25) is 0 Å². The van der Waals surface area contributed by atoms with Crippen LogP contribution in [-0.2, 0) is 20.4 Å². The quantitative estimate of drug-likeness (QED) is 0.756. The molecule has 2 unspecified atom stereocenters. The number of nitrogens with zero attached hydrogens (tertiary/aromatic N) is 2. The number of epoxide rings is 1. The summed E-state index contributed by atoms with van der Waals surface area (Å²) in [5.41, 5.74) is -0.884. The van der Waals surface area contributed by atoms with E-state index in [1.807, 2.05) is 0 Å². The Kier molecular flexibility index (Phi) is 3.21. The van der Waals surface area contributed by atoms with Crippen LogP contribution in [0.3, 0.4) is 0 Å². The van der Waals surface area contributed by atoms with Crippen molar-refractivity contribution in [2.45, 2.75) is 18.5 Å². The molecule has 0 spiro atoms. The van der Waals surface area contributed by atoms with E-state index in [1.54, 1.807) is 0 Å². The molecule has 0 aromatic carbocycles. The van der Waals surface area contributed by atoms with Crippen LogP contribution in [0, 0.1) is 0 Å². The summed E-state index contributed by atoms with van der Waals surface area (Å²) >= 11 is 3.19. The Balaban J connectivity index is 2.01. The molecule has 1 amide bonds. The molecule has 1 fully saturated rings. The lowest BCUT2D eigenvalue weighted by molar-refractivity contribution is -0.137. The van der Waals surface area contributed by atoms with Crippen molar-refractivity contribution in [2.24, 2.45) is 0 Å². The van der Waals surface area contributed by atoms with Crippen LogP contribution in [0.15, 0.2) is 28.6 Å². The van der Waals surface area contributed by atoms with Gasteiger partial charge in [-0.05, 0) is 28.1 Å². The van der Waals surface area contributed by atoms with Crippen LogP contribution < -0.4 is 4.90 Å². The van der Waals surface area contributed by atoms with E-state index in [0.717, 1.165) is 23.2 Å². The van der Waals surface area contributed by atoms with Crippen LogP contribution in [0.4, 0.5) is 19.0 Å². The molecule has 3 rings (SSSR count). The number of carbonyl (C=O) groups is 1. The molecule has 0 aliphatic carbocycles. The van der Waals surface area contributed by atoms with Crippen LogP contribution in [0.5, 0.6) is 0 Å². The van der Waals surface area contributed by atoms with E-state index in [9.17, 15) is 18.0 Å². The van der Waals surface area contributed by atoms with Gasteiger partial charge in [-0.3, -0.25) is 9.69 Å². The fraction of sp³-hybridized carbons (Fsp3) is 0.333. The molecule has 5 nitrogen and oxygen atoms in total. The fourth-order valence-electron chi connectivity index (χ4n) is 2.09. The van der Waals surface area contributed by atoms with Gasteiger partial charge in [-0.15, -0.1) is 0 Å². The number of methoxy groups -OCH3 is 1. The summed E-state index contributed by atoms with van der Waals surface area (Å²) in [5, 5.41) is 0. The highest BCUT2D eigenvalue weighted by molar-refractivity contribution is 9.11. The third kappa shape index (κ3) is 2.30. The summed E-state index contributed by atoms with van der Waals surface area (Å²) in [4.78, 5) is 17.2. The molecule has 21 heavy (non-hydrogen) atoms. The highest BCUT2D eigenvalue weighted by Crippen LogP contribution is 2.44. The Labute approximate surface area is 125 Å². The number of aromatic nitrogens is 1. The van der Waals surface area contributed by atoms with Gasteiger partial charge in [0.15, 0.2) is 12.0 Å². The molecule has 2 aliphatic heterocycles. The van der Waals surface area contributed by atoms with Gasteiger partial charge in [-0.1, -0.05) is 0 Å². The number of halogens is 4. The van der Waals surface area contributed by atoms with Gasteiger partial charge in [0.1, 0.15) is 11.9 Å². The minimum Gasteiger partial charge on any atom is -0.490 e. The standard InChI is InChI=1S/C12H8BrF3N2O3/c1-20-8-7(13)9-11(21-9)18(10(8)19)6-4-5(2-3-17-6)12(14,15)16/h2-4,9,11H,1H3. The topological polar surface area (TPSA) is 55.0 Å². The molecule has 0 saturated carbocycles. The van der Waals surface area contributed by atoms with Crippen molar-refractivity contribution in [1.29, 1.82) is 0 Å². The first-order valence-corrected chi connectivity index (χ1v) is 6.60. The van der Waals surface area contributed by atoms with Gasteiger partial charge in [0, 0.05) is 6.20 Å². The number of anilines is 1. The second-order valence-corrected chi connectivity index (χ2v) is 5.26. The molecule has 1 aromatic heterocycles. The van der Waals surface area contributed by atoms with Gasteiger partial charge in [-0.2, -0.15) is 13.2 Å². The first-order valence-electron chi connectivity index (χ1n) is 5.80. The predicted molar refractivity (Wildman–Crippen MR) is 68.3 cm³/mol. The van der Waals surface area contributed by atoms with E-state index >= 15 is 0 Å². The number of hydrogen-bond donors (Lipinski definition) is 0. The Morgan fingerprint density at radius 1 is 1.48 bits per heavy atom. The van der Waals surface area contributed by atoms with Crippen molar-refractivity contribution in [1.82, 2.24) is 4.98 Å². The molecule has 1 saturated heterocycles. The lowest BCUT2D eigenvalue weighted by Crippen LogP contribution is -2.40. The zero-order valence-corrected chi connectivity index (χ0v) is 12.1. The van der Waals surface area contributed by atoms with Crippen molar-refractivity contribution in [3.63, 3.8) is 0 Å².